The number of aromatic nitrogens is 1. The molecule has 1 aromatic heterocycles. The van der Waals surface area contributed by atoms with E-state index in [-0.39, 0.29) is 5.91 Å². The Morgan fingerprint density at radius 1 is 1.22 bits per heavy atom. The predicted octanol–water partition coefficient (Wildman–Crippen LogP) is 3.84. The van der Waals surface area contributed by atoms with E-state index in [1.54, 1.807) is 30.5 Å². The number of nitrogens with one attached hydrogen (secondary N) is 1. The average molecular weight is 326 g/mol. The van der Waals surface area contributed by atoms with Gasteiger partial charge in [0.25, 0.3) is 5.91 Å². The molecular formula is C13H10BrClN2O. The summed E-state index contributed by atoms with van der Waals surface area (Å²) >= 11 is 8.93. The van der Waals surface area contributed by atoms with E-state index in [1.165, 1.54) is 0 Å². The zero-order valence-electron chi connectivity index (χ0n) is 9.36. The Morgan fingerprint density at radius 2 is 1.94 bits per heavy atom. The number of nitrogens with zero attached hydrogens (tertiary/aromatic N) is 1. The maximum absolute atomic E-state index is 11.9. The fourth-order valence-corrected chi connectivity index (χ4v) is 1.81. The molecule has 0 radical (unpaired) electrons. The number of amides is 1. The Labute approximate surface area is 118 Å². The number of hydrogen-bond donors (Lipinski definition) is 1. The van der Waals surface area contributed by atoms with Crippen LogP contribution in [0.1, 0.15) is 15.9 Å². The van der Waals surface area contributed by atoms with Crippen molar-refractivity contribution >= 4 is 39.1 Å². The Balaban J connectivity index is 2.09. The minimum absolute atomic E-state index is 0.166. The average Bonchev–Trinajstić information content (AvgIpc) is 2.41. The van der Waals surface area contributed by atoms with E-state index >= 15 is 0 Å². The van der Waals surface area contributed by atoms with Gasteiger partial charge in [-0.25, -0.2) is 4.98 Å². The van der Waals surface area contributed by atoms with Crippen molar-refractivity contribution in [2.45, 2.75) is 5.88 Å². The lowest BCUT2D eigenvalue weighted by atomic mass is 10.1. The van der Waals surface area contributed by atoms with Gasteiger partial charge in [0.2, 0.25) is 0 Å². The summed E-state index contributed by atoms with van der Waals surface area (Å²) in [5.74, 6) is 0.277. The van der Waals surface area contributed by atoms with Gasteiger partial charge in [-0.3, -0.25) is 4.79 Å². The number of benzene rings is 1. The lowest BCUT2D eigenvalue weighted by molar-refractivity contribution is 0.102. The number of alkyl halides is 1. The first-order valence-corrected chi connectivity index (χ1v) is 6.59. The fourth-order valence-electron chi connectivity index (χ4n) is 1.40. The van der Waals surface area contributed by atoms with Crippen molar-refractivity contribution in [2.75, 3.05) is 5.32 Å². The van der Waals surface area contributed by atoms with Gasteiger partial charge in [0, 0.05) is 11.4 Å². The largest absolute Gasteiger partial charge is 0.321 e. The third-order valence-corrected chi connectivity index (χ3v) is 3.13. The summed E-state index contributed by atoms with van der Waals surface area (Å²) in [7, 11) is 0. The van der Waals surface area contributed by atoms with Crippen LogP contribution in [0.4, 0.5) is 5.69 Å². The molecule has 5 heteroatoms. The second-order valence-electron chi connectivity index (χ2n) is 3.65. The Kier molecular flexibility index (Phi) is 4.33. The number of pyridine rings is 1. The molecule has 0 aliphatic heterocycles. The molecule has 0 saturated carbocycles. The lowest BCUT2D eigenvalue weighted by Crippen LogP contribution is -2.11. The highest BCUT2D eigenvalue weighted by Crippen LogP contribution is 2.13. The van der Waals surface area contributed by atoms with Gasteiger partial charge < -0.3 is 5.32 Å². The van der Waals surface area contributed by atoms with Gasteiger partial charge in [0.15, 0.2) is 0 Å². The normalized spacial score (nSPS) is 10.1. The molecule has 0 unspecified atom stereocenters. The zero-order valence-corrected chi connectivity index (χ0v) is 11.7. The van der Waals surface area contributed by atoms with Crippen LogP contribution in [0, 0.1) is 0 Å². The molecule has 0 aliphatic carbocycles. The van der Waals surface area contributed by atoms with E-state index in [4.69, 9.17) is 11.6 Å². The van der Waals surface area contributed by atoms with Crippen molar-refractivity contribution in [3.05, 3.63) is 58.3 Å². The molecule has 0 spiro atoms. The highest BCUT2D eigenvalue weighted by atomic mass is 79.9. The van der Waals surface area contributed by atoms with Crippen molar-refractivity contribution < 1.29 is 4.79 Å². The van der Waals surface area contributed by atoms with Crippen LogP contribution in [0.3, 0.4) is 0 Å². The third kappa shape index (κ3) is 3.31. The highest BCUT2D eigenvalue weighted by Gasteiger charge is 2.05. The molecule has 1 heterocycles. The molecule has 0 bridgehead atoms. The standard InChI is InChI=1S/C13H10BrClN2O/c14-12-6-5-11(8-16-12)17-13(18)10-3-1-9(7-15)2-4-10/h1-6,8H,7H2,(H,17,18). The molecule has 0 aliphatic rings. The number of carbonyl (C=O) groups excluding carboxylic acids is 1. The second-order valence-corrected chi connectivity index (χ2v) is 4.73. The molecule has 18 heavy (non-hydrogen) atoms. The summed E-state index contributed by atoms with van der Waals surface area (Å²) < 4.78 is 0.729. The molecule has 0 atom stereocenters. The molecule has 1 N–H and O–H groups in total. The van der Waals surface area contributed by atoms with Gasteiger partial charge in [-0.15, -0.1) is 11.6 Å². The zero-order chi connectivity index (χ0) is 13.0. The molecule has 1 amide bonds. The van der Waals surface area contributed by atoms with Gasteiger partial charge in [0.1, 0.15) is 4.60 Å². The van der Waals surface area contributed by atoms with Gasteiger partial charge in [-0.05, 0) is 45.8 Å². The van der Waals surface area contributed by atoms with Gasteiger partial charge >= 0.3 is 0 Å². The van der Waals surface area contributed by atoms with Crippen molar-refractivity contribution in [2.24, 2.45) is 0 Å². The minimum Gasteiger partial charge on any atom is -0.321 e. The van der Waals surface area contributed by atoms with Gasteiger partial charge in [0.05, 0.1) is 11.9 Å². The van der Waals surface area contributed by atoms with Crippen LogP contribution in [0.5, 0.6) is 0 Å². The van der Waals surface area contributed by atoms with E-state index in [1.807, 2.05) is 12.1 Å². The van der Waals surface area contributed by atoms with Gasteiger partial charge in [-0.1, -0.05) is 12.1 Å². The minimum atomic E-state index is -0.166. The van der Waals surface area contributed by atoms with E-state index in [2.05, 4.69) is 26.2 Å². The van der Waals surface area contributed by atoms with Crippen LogP contribution in [-0.2, 0) is 5.88 Å². The lowest BCUT2D eigenvalue weighted by Gasteiger charge is -2.05. The Bertz CT molecular complexity index is 540. The van der Waals surface area contributed by atoms with E-state index in [9.17, 15) is 4.79 Å². The molecular weight excluding hydrogens is 316 g/mol. The summed E-state index contributed by atoms with van der Waals surface area (Å²) in [6.45, 7) is 0. The molecule has 0 saturated heterocycles. The highest BCUT2D eigenvalue weighted by molar-refractivity contribution is 9.10. The van der Waals surface area contributed by atoms with E-state index in [0.29, 0.717) is 17.1 Å². The van der Waals surface area contributed by atoms with Crippen molar-refractivity contribution in [3.63, 3.8) is 0 Å². The smallest absolute Gasteiger partial charge is 0.255 e. The molecule has 92 valence electrons. The van der Waals surface area contributed by atoms with Crippen molar-refractivity contribution in [1.29, 1.82) is 0 Å². The molecule has 2 rings (SSSR count). The monoisotopic (exact) mass is 324 g/mol. The van der Waals surface area contributed by atoms with Crippen LogP contribution in [-0.4, -0.2) is 10.9 Å². The van der Waals surface area contributed by atoms with Crippen LogP contribution >= 0.6 is 27.5 Å². The maximum Gasteiger partial charge on any atom is 0.255 e. The van der Waals surface area contributed by atoms with Crippen LogP contribution in [0.15, 0.2) is 47.2 Å². The predicted molar refractivity (Wildman–Crippen MR) is 75.9 cm³/mol. The molecule has 1 aromatic carbocycles. The SMILES string of the molecule is O=C(Nc1ccc(Br)nc1)c1ccc(CCl)cc1. The molecule has 2 aromatic rings. The quantitative estimate of drug-likeness (QED) is 0.688. The third-order valence-electron chi connectivity index (χ3n) is 2.36. The Hall–Kier alpha value is -1.39. The summed E-state index contributed by atoms with van der Waals surface area (Å²) in [4.78, 5) is 16.0. The van der Waals surface area contributed by atoms with Crippen molar-refractivity contribution in [1.82, 2.24) is 4.98 Å². The van der Waals surface area contributed by atoms with Crippen LogP contribution < -0.4 is 5.32 Å². The Morgan fingerprint density at radius 3 is 2.50 bits per heavy atom. The van der Waals surface area contributed by atoms with E-state index in [0.717, 1.165) is 10.2 Å². The number of rotatable bonds is 3. The summed E-state index contributed by atoms with van der Waals surface area (Å²) in [5.41, 5.74) is 2.23. The van der Waals surface area contributed by atoms with Crippen LogP contribution in [0.25, 0.3) is 0 Å². The fraction of sp³-hybridized carbons (Fsp3) is 0.0769. The number of halogens is 2. The number of anilines is 1. The van der Waals surface area contributed by atoms with Crippen LogP contribution in [0.2, 0.25) is 0 Å². The van der Waals surface area contributed by atoms with Crippen molar-refractivity contribution in [3.8, 4) is 0 Å². The number of hydrogen-bond acceptors (Lipinski definition) is 2. The second kappa shape index (κ2) is 5.98. The first kappa shape index (κ1) is 13.1. The first-order chi connectivity index (χ1) is 8.69. The first-order valence-electron chi connectivity index (χ1n) is 5.27. The molecule has 3 nitrogen and oxygen atoms in total. The summed E-state index contributed by atoms with van der Waals surface area (Å²) in [5, 5.41) is 2.77. The summed E-state index contributed by atoms with van der Waals surface area (Å²) in [6.07, 6.45) is 1.59. The maximum atomic E-state index is 11.9. The van der Waals surface area contributed by atoms with Gasteiger partial charge in [-0.2, -0.15) is 0 Å². The van der Waals surface area contributed by atoms with E-state index < -0.39 is 0 Å². The summed E-state index contributed by atoms with van der Waals surface area (Å²) in [6, 6.07) is 10.7. The topological polar surface area (TPSA) is 42.0 Å². The molecule has 0 fully saturated rings. The number of carbonyl (C=O) groups is 1.